The second-order valence-corrected chi connectivity index (χ2v) is 2.83. The molecule has 0 bridgehead atoms. The lowest BCUT2D eigenvalue weighted by molar-refractivity contribution is -0.139. The van der Waals surface area contributed by atoms with Gasteiger partial charge in [0.15, 0.2) is 0 Å². The van der Waals surface area contributed by atoms with Crippen molar-refractivity contribution in [3.05, 3.63) is 0 Å². The first kappa shape index (κ1) is 7.88. The molecule has 10 heavy (non-hydrogen) atoms. The summed E-state index contributed by atoms with van der Waals surface area (Å²) in [6.45, 7) is 0.0841. The quantitative estimate of drug-likeness (QED) is 0.598. The highest BCUT2D eigenvalue weighted by atomic mass is 19.3. The molecule has 0 aromatic rings. The summed E-state index contributed by atoms with van der Waals surface area (Å²) >= 11 is 0. The van der Waals surface area contributed by atoms with Crippen LogP contribution in [0.15, 0.2) is 0 Å². The minimum Gasteiger partial charge on any atom is -0.392 e. The highest BCUT2D eigenvalue weighted by Crippen LogP contribution is 2.43. The molecule has 0 saturated heterocycles. The zero-order valence-corrected chi connectivity index (χ0v) is 5.56. The van der Waals surface area contributed by atoms with E-state index >= 15 is 0 Å². The number of hydrogen-bond donors (Lipinski definition) is 2. The Kier molecular flexibility index (Phi) is 1.92. The molecule has 3 N–H and O–H groups in total. The first-order valence-corrected chi connectivity index (χ1v) is 3.31. The Labute approximate surface area is 58.0 Å². The first-order valence-electron chi connectivity index (χ1n) is 3.31. The second-order valence-electron chi connectivity index (χ2n) is 2.83. The van der Waals surface area contributed by atoms with E-state index < -0.39 is 12.0 Å². The lowest BCUT2D eigenvalue weighted by Gasteiger charge is -2.37. The van der Waals surface area contributed by atoms with E-state index in [9.17, 15) is 8.78 Å². The fourth-order valence-corrected chi connectivity index (χ4v) is 1.17. The molecule has 1 saturated carbocycles. The van der Waals surface area contributed by atoms with Crippen molar-refractivity contribution in [2.75, 3.05) is 6.54 Å². The summed E-state index contributed by atoms with van der Waals surface area (Å²) in [4.78, 5) is 0. The number of aliphatic hydroxyl groups excluding tert-OH is 1. The molecule has 1 fully saturated rings. The van der Waals surface area contributed by atoms with Crippen molar-refractivity contribution in [2.24, 2.45) is 11.7 Å². The number of nitrogens with two attached hydrogens (primary N) is 1. The number of alkyl halides is 2. The van der Waals surface area contributed by atoms with Crippen molar-refractivity contribution in [2.45, 2.75) is 24.9 Å². The minimum absolute atomic E-state index is 0.0841. The van der Waals surface area contributed by atoms with Crippen LogP contribution < -0.4 is 5.73 Å². The number of halogens is 2. The highest BCUT2D eigenvalue weighted by molar-refractivity contribution is 4.90. The Morgan fingerprint density at radius 3 is 2.40 bits per heavy atom. The molecule has 0 heterocycles. The molecule has 0 aromatic heterocycles. The van der Waals surface area contributed by atoms with Crippen LogP contribution in [0, 0.1) is 5.92 Å². The third-order valence-corrected chi connectivity index (χ3v) is 1.91. The average Bonchev–Trinajstić information content (AvgIpc) is 1.81. The third kappa shape index (κ3) is 1.44. The smallest absolute Gasteiger partial charge is 0.248 e. The molecule has 0 unspecified atom stereocenters. The molecule has 0 spiro atoms. The second kappa shape index (κ2) is 2.43. The van der Waals surface area contributed by atoms with Gasteiger partial charge in [0.1, 0.15) is 0 Å². The Balaban J connectivity index is 2.26. The molecular formula is C6H11F2NO. The van der Waals surface area contributed by atoms with Crippen LogP contribution in [0.1, 0.15) is 12.8 Å². The maximum Gasteiger partial charge on any atom is 0.248 e. The van der Waals surface area contributed by atoms with Crippen molar-refractivity contribution in [3.63, 3.8) is 0 Å². The van der Waals surface area contributed by atoms with Gasteiger partial charge >= 0.3 is 0 Å². The van der Waals surface area contributed by atoms with Crippen LogP contribution in [0.2, 0.25) is 0 Å². The summed E-state index contributed by atoms with van der Waals surface area (Å²) in [6.07, 6.45) is -1.14. The van der Waals surface area contributed by atoms with Crippen LogP contribution in [0.3, 0.4) is 0 Å². The number of aliphatic hydroxyl groups is 1. The van der Waals surface area contributed by atoms with Crippen molar-refractivity contribution in [3.8, 4) is 0 Å². The van der Waals surface area contributed by atoms with Gasteiger partial charge in [0.25, 0.3) is 0 Å². The summed E-state index contributed by atoms with van der Waals surface area (Å²) in [5, 5.41) is 8.95. The fourth-order valence-electron chi connectivity index (χ4n) is 1.17. The molecule has 4 heteroatoms. The predicted octanol–water partition coefficient (Wildman–Crippen LogP) is 0.351. The summed E-state index contributed by atoms with van der Waals surface area (Å²) in [7, 11) is 0. The third-order valence-electron chi connectivity index (χ3n) is 1.91. The van der Waals surface area contributed by atoms with Gasteiger partial charge in [0.05, 0.1) is 6.10 Å². The molecule has 60 valence electrons. The van der Waals surface area contributed by atoms with Crippen molar-refractivity contribution >= 4 is 0 Å². The topological polar surface area (TPSA) is 46.2 Å². The molecule has 1 rings (SSSR count). The van der Waals surface area contributed by atoms with E-state index in [1.165, 1.54) is 0 Å². The number of rotatable bonds is 2. The SMILES string of the molecule is NC[C@H](O)C1CC(F)(F)C1. The van der Waals surface area contributed by atoms with Gasteiger partial charge in [-0.2, -0.15) is 0 Å². The maximum absolute atomic E-state index is 12.1. The van der Waals surface area contributed by atoms with Crippen LogP contribution in [0.25, 0.3) is 0 Å². The Hall–Kier alpha value is -0.220. The van der Waals surface area contributed by atoms with Gasteiger partial charge in [-0.15, -0.1) is 0 Å². The molecule has 2 nitrogen and oxygen atoms in total. The Bertz CT molecular complexity index is 121. The van der Waals surface area contributed by atoms with Crippen LogP contribution >= 0.6 is 0 Å². The fraction of sp³-hybridized carbons (Fsp3) is 1.00. The van der Waals surface area contributed by atoms with Gasteiger partial charge in [0, 0.05) is 19.4 Å². The van der Waals surface area contributed by atoms with Crippen LogP contribution in [-0.2, 0) is 0 Å². The zero-order chi connectivity index (χ0) is 7.78. The molecule has 1 aliphatic rings. The maximum atomic E-state index is 12.1. The van der Waals surface area contributed by atoms with Crippen molar-refractivity contribution in [1.82, 2.24) is 0 Å². The van der Waals surface area contributed by atoms with Gasteiger partial charge in [-0.05, 0) is 5.92 Å². The molecule has 0 radical (unpaired) electrons. The Morgan fingerprint density at radius 1 is 1.60 bits per heavy atom. The van der Waals surface area contributed by atoms with E-state index in [0.717, 1.165) is 0 Å². The van der Waals surface area contributed by atoms with Crippen LogP contribution in [0.4, 0.5) is 8.78 Å². The van der Waals surface area contributed by atoms with E-state index in [1.807, 2.05) is 0 Å². The summed E-state index contributed by atoms with van der Waals surface area (Å²) in [5.41, 5.74) is 5.08. The summed E-state index contributed by atoms with van der Waals surface area (Å²) in [6, 6.07) is 0. The van der Waals surface area contributed by atoms with Gasteiger partial charge in [-0.25, -0.2) is 8.78 Å². The summed E-state index contributed by atoms with van der Waals surface area (Å²) in [5.74, 6) is -2.82. The van der Waals surface area contributed by atoms with E-state index in [2.05, 4.69) is 0 Å². The summed E-state index contributed by atoms with van der Waals surface area (Å²) < 4.78 is 24.3. The molecular weight excluding hydrogens is 140 g/mol. The van der Waals surface area contributed by atoms with Crippen molar-refractivity contribution < 1.29 is 13.9 Å². The minimum atomic E-state index is -2.54. The normalized spacial score (nSPS) is 27.6. The largest absolute Gasteiger partial charge is 0.392 e. The van der Waals surface area contributed by atoms with Crippen LogP contribution in [-0.4, -0.2) is 23.7 Å². The van der Waals surface area contributed by atoms with E-state index in [4.69, 9.17) is 10.8 Å². The van der Waals surface area contributed by atoms with Crippen LogP contribution in [0.5, 0.6) is 0 Å². The van der Waals surface area contributed by atoms with Crippen molar-refractivity contribution in [1.29, 1.82) is 0 Å². The average molecular weight is 151 g/mol. The molecule has 1 atom stereocenters. The highest BCUT2D eigenvalue weighted by Gasteiger charge is 2.47. The molecule has 1 aliphatic carbocycles. The first-order chi connectivity index (χ1) is 4.55. The standard InChI is InChI=1S/C6H11F2NO/c7-6(8)1-4(2-6)5(10)3-9/h4-5,10H,1-3,9H2/t5-/m0/s1. The van der Waals surface area contributed by atoms with E-state index in [1.54, 1.807) is 0 Å². The number of hydrogen-bond acceptors (Lipinski definition) is 2. The predicted molar refractivity (Wildman–Crippen MR) is 32.7 cm³/mol. The van der Waals surface area contributed by atoms with E-state index in [-0.39, 0.29) is 25.3 Å². The van der Waals surface area contributed by atoms with Gasteiger partial charge in [-0.1, -0.05) is 0 Å². The Morgan fingerprint density at radius 2 is 2.10 bits per heavy atom. The van der Waals surface area contributed by atoms with Gasteiger partial charge in [0.2, 0.25) is 5.92 Å². The zero-order valence-electron chi connectivity index (χ0n) is 5.56. The lowest BCUT2D eigenvalue weighted by atomic mass is 9.77. The molecule has 0 aliphatic heterocycles. The lowest BCUT2D eigenvalue weighted by Crippen LogP contribution is -2.44. The van der Waals surface area contributed by atoms with E-state index in [0.29, 0.717) is 0 Å². The molecule has 0 aromatic carbocycles. The monoisotopic (exact) mass is 151 g/mol. The molecule has 0 amide bonds. The van der Waals surface area contributed by atoms with Gasteiger partial charge < -0.3 is 10.8 Å². The van der Waals surface area contributed by atoms with Gasteiger partial charge in [-0.3, -0.25) is 0 Å².